The standard InChI is InChI=1S/C20H24ClN3O5S/c1-14(2)20(15-3-5-16(21)6-4-15)22-18-8-7-17(24(25)26)13-19(18)30(27,28)23-9-11-29-12-10-23/h3-8,13-14,20,22H,9-12H2,1-2H3/t20-/m1/s1. The average molecular weight is 454 g/mol. The Labute approximate surface area is 181 Å². The van der Waals surface area contributed by atoms with Gasteiger partial charge in [-0.05, 0) is 29.7 Å². The molecule has 1 atom stereocenters. The van der Waals surface area contributed by atoms with Gasteiger partial charge in [0, 0.05) is 30.2 Å². The van der Waals surface area contributed by atoms with E-state index in [1.807, 2.05) is 26.0 Å². The Morgan fingerprint density at radius 2 is 1.77 bits per heavy atom. The van der Waals surface area contributed by atoms with Crippen molar-refractivity contribution in [3.63, 3.8) is 0 Å². The van der Waals surface area contributed by atoms with Crippen LogP contribution in [0.1, 0.15) is 25.5 Å². The third-order valence-electron chi connectivity index (χ3n) is 4.97. The zero-order valence-corrected chi connectivity index (χ0v) is 18.3. The van der Waals surface area contributed by atoms with Crippen molar-refractivity contribution < 1.29 is 18.1 Å². The van der Waals surface area contributed by atoms with E-state index in [2.05, 4.69) is 5.32 Å². The molecule has 30 heavy (non-hydrogen) atoms. The van der Waals surface area contributed by atoms with Crippen LogP contribution in [0.5, 0.6) is 0 Å². The maximum Gasteiger partial charge on any atom is 0.270 e. The lowest BCUT2D eigenvalue weighted by atomic mass is 9.95. The van der Waals surface area contributed by atoms with E-state index in [-0.39, 0.29) is 48.8 Å². The summed E-state index contributed by atoms with van der Waals surface area (Å²) in [4.78, 5) is 10.6. The first kappa shape index (κ1) is 22.5. The van der Waals surface area contributed by atoms with E-state index in [4.69, 9.17) is 16.3 Å². The van der Waals surface area contributed by atoms with E-state index < -0.39 is 14.9 Å². The topological polar surface area (TPSA) is 102 Å². The third-order valence-corrected chi connectivity index (χ3v) is 7.16. The van der Waals surface area contributed by atoms with E-state index in [1.165, 1.54) is 16.4 Å². The molecule has 1 saturated heterocycles. The van der Waals surface area contributed by atoms with Crippen LogP contribution >= 0.6 is 11.6 Å². The van der Waals surface area contributed by atoms with E-state index in [9.17, 15) is 18.5 Å². The minimum Gasteiger partial charge on any atom is -0.379 e. The fraction of sp³-hybridized carbons (Fsp3) is 0.400. The minimum atomic E-state index is -3.94. The third kappa shape index (κ3) is 4.92. The van der Waals surface area contributed by atoms with E-state index in [0.29, 0.717) is 10.7 Å². The van der Waals surface area contributed by atoms with Crippen LogP contribution < -0.4 is 5.32 Å². The highest BCUT2D eigenvalue weighted by Crippen LogP contribution is 2.34. The monoisotopic (exact) mass is 453 g/mol. The molecule has 0 saturated carbocycles. The molecule has 1 aliphatic heterocycles. The predicted molar refractivity (Wildman–Crippen MR) is 115 cm³/mol. The van der Waals surface area contributed by atoms with Crippen LogP contribution in [-0.2, 0) is 14.8 Å². The second-order valence-electron chi connectivity index (χ2n) is 7.37. The molecule has 0 spiro atoms. The molecule has 0 aromatic heterocycles. The number of benzene rings is 2. The Hall–Kier alpha value is -2.20. The Morgan fingerprint density at radius 1 is 1.13 bits per heavy atom. The number of hydrogen-bond donors (Lipinski definition) is 1. The van der Waals surface area contributed by atoms with E-state index >= 15 is 0 Å². The first-order chi connectivity index (χ1) is 14.2. The van der Waals surface area contributed by atoms with Crippen molar-refractivity contribution in [2.24, 2.45) is 5.92 Å². The zero-order valence-electron chi connectivity index (χ0n) is 16.7. The molecule has 8 nitrogen and oxygen atoms in total. The van der Waals surface area contributed by atoms with Crippen LogP contribution in [0, 0.1) is 16.0 Å². The summed E-state index contributed by atoms with van der Waals surface area (Å²) in [6.45, 7) is 5.00. The quantitative estimate of drug-likeness (QED) is 0.500. The van der Waals surface area contributed by atoms with Crippen LogP contribution in [0.15, 0.2) is 47.4 Å². The lowest BCUT2D eigenvalue weighted by Crippen LogP contribution is -2.40. The molecule has 0 radical (unpaired) electrons. The number of rotatable bonds is 7. The molecule has 1 aliphatic rings. The summed E-state index contributed by atoms with van der Waals surface area (Å²) in [5.74, 6) is 0.111. The van der Waals surface area contributed by atoms with Crippen LogP contribution in [0.25, 0.3) is 0 Å². The van der Waals surface area contributed by atoms with Crippen LogP contribution in [-0.4, -0.2) is 43.9 Å². The number of non-ortho nitro benzene ring substituents is 1. The van der Waals surface area contributed by atoms with Gasteiger partial charge in [-0.15, -0.1) is 0 Å². The molecule has 2 aromatic carbocycles. The van der Waals surface area contributed by atoms with Gasteiger partial charge in [0.05, 0.1) is 29.9 Å². The van der Waals surface area contributed by atoms with Crippen molar-refractivity contribution in [2.75, 3.05) is 31.6 Å². The van der Waals surface area contributed by atoms with Crippen molar-refractivity contribution >= 4 is 33.0 Å². The van der Waals surface area contributed by atoms with Crippen LogP contribution in [0.2, 0.25) is 5.02 Å². The van der Waals surface area contributed by atoms with E-state index in [0.717, 1.165) is 11.6 Å². The molecule has 1 heterocycles. The molecule has 0 amide bonds. The highest BCUT2D eigenvalue weighted by atomic mass is 35.5. The molecule has 10 heteroatoms. The predicted octanol–water partition coefficient (Wildman–Crippen LogP) is 4.08. The summed E-state index contributed by atoms with van der Waals surface area (Å²) in [5.41, 5.74) is 0.975. The van der Waals surface area contributed by atoms with Crippen LogP contribution in [0.3, 0.4) is 0 Å². The number of nitro benzene ring substituents is 1. The smallest absolute Gasteiger partial charge is 0.270 e. The number of sulfonamides is 1. The maximum absolute atomic E-state index is 13.3. The SMILES string of the molecule is CC(C)[C@@H](Nc1ccc([N+](=O)[O-])cc1S(=O)(=O)N1CCOCC1)c1ccc(Cl)cc1. The second kappa shape index (κ2) is 9.30. The van der Waals surface area contributed by atoms with Crippen LogP contribution in [0.4, 0.5) is 11.4 Å². The number of morpholine rings is 1. The van der Waals surface area contributed by atoms with Gasteiger partial charge in [-0.25, -0.2) is 8.42 Å². The minimum absolute atomic E-state index is 0.111. The lowest BCUT2D eigenvalue weighted by molar-refractivity contribution is -0.385. The van der Waals surface area contributed by atoms with Gasteiger partial charge < -0.3 is 10.1 Å². The first-order valence-corrected chi connectivity index (χ1v) is 11.4. The number of nitrogens with zero attached hydrogens (tertiary/aromatic N) is 2. The normalized spacial score (nSPS) is 16.4. The van der Waals surface area contributed by atoms with Crippen molar-refractivity contribution in [1.29, 1.82) is 0 Å². The highest BCUT2D eigenvalue weighted by molar-refractivity contribution is 7.89. The Balaban J connectivity index is 2.04. The Kier molecular flexibility index (Phi) is 6.97. The summed E-state index contributed by atoms with van der Waals surface area (Å²) >= 11 is 5.99. The lowest BCUT2D eigenvalue weighted by Gasteiger charge is -2.29. The fourth-order valence-electron chi connectivity index (χ4n) is 3.36. The van der Waals surface area contributed by atoms with Gasteiger partial charge in [-0.3, -0.25) is 10.1 Å². The molecule has 1 N–H and O–H groups in total. The molecule has 3 rings (SSSR count). The van der Waals surface area contributed by atoms with Gasteiger partial charge in [0.15, 0.2) is 0 Å². The van der Waals surface area contributed by atoms with E-state index in [1.54, 1.807) is 12.1 Å². The number of anilines is 1. The van der Waals surface area contributed by atoms with Crippen molar-refractivity contribution in [3.05, 3.63) is 63.2 Å². The molecule has 0 unspecified atom stereocenters. The van der Waals surface area contributed by atoms with Gasteiger partial charge >= 0.3 is 0 Å². The summed E-state index contributed by atoms with van der Waals surface area (Å²) in [5, 5.41) is 15.2. The summed E-state index contributed by atoms with van der Waals surface area (Å²) in [6.07, 6.45) is 0. The molecule has 0 bridgehead atoms. The zero-order chi connectivity index (χ0) is 21.9. The summed E-state index contributed by atoms with van der Waals surface area (Å²) < 4.78 is 33.2. The van der Waals surface area contributed by atoms with Crippen molar-refractivity contribution in [2.45, 2.75) is 24.8 Å². The average Bonchev–Trinajstić information content (AvgIpc) is 2.73. The number of halogens is 1. The molecule has 1 fully saturated rings. The molecule has 0 aliphatic carbocycles. The highest BCUT2D eigenvalue weighted by Gasteiger charge is 2.31. The second-order valence-corrected chi connectivity index (χ2v) is 9.71. The Morgan fingerprint density at radius 3 is 2.33 bits per heavy atom. The van der Waals surface area contributed by atoms with Gasteiger partial charge in [0.25, 0.3) is 5.69 Å². The summed E-state index contributed by atoms with van der Waals surface area (Å²) in [7, 11) is -3.94. The first-order valence-electron chi connectivity index (χ1n) is 9.58. The Bertz CT molecular complexity index is 1010. The maximum atomic E-state index is 13.3. The van der Waals surface area contributed by atoms with Gasteiger partial charge in [-0.1, -0.05) is 37.6 Å². The van der Waals surface area contributed by atoms with Crippen molar-refractivity contribution in [1.82, 2.24) is 4.31 Å². The fourth-order valence-corrected chi connectivity index (χ4v) is 5.06. The van der Waals surface area contributed by atoms with Gasteiger partial charge in [-0.2, -0.15) is 4.31 Å². The molecular formula is C20H24ClN3O5S. The molecule has 2 aromatic rings. The largest absolute Gasteiger partial charge is 0.379 e. The van der Waals surface area contributed by atoms with Gasteiger partial charge in [0.1, 0.15) is 4.90 Å². The molecular weight excluding hydrogens is 430 g/mol. The number of hydrogen-bond acceptors (Lipinski definition) is 6. The number of nitrogens with one attached hydrogen (secondary N) is 1. The molecule has 162 valence electrons. The summed E-state index contributed by atoms with van der Waals surface area (Å²) in [6, 6.07) is 11.0. The number of nitro groups is 1. The number of ether oxygens (including phenoxy) is 1. The van der Waals surface area contributed by atoms with Gasteiger partial charge in [0.2, 0.25) is 10.0 Å². The van der Waals surface area contributed by atoms with Crippen molar-refractivity contribution in [3.8, 4) is 0 Å².